The van der Waals surface area contributed by atoms with E-state index in [4.69, 9.17) is 21.1 Å². The van der Waals surface area contributed by atoms with E-state index in [1.165, 1.54) is 11.8 Å². The Morgan fingerprint density at radius 2 is 1.85 bits per heavy atom. The Labute approximate surface area is 202 Å². The van der Waals surface area contributed by atoms with Crippen molar-refractivity contribution in [1.29, 1.82) is 0 Å². The minimum atomic E-state index is -0.176. The second kappa shape index (κ2) is 10.6. The first-order valence-corrected chi connectivity index (χ1v) is 11.7. The average Bonchev–Trinajstić information content (AvgIpc) is 3.13. The number of amides is 1. The summed E-state index contributed by atoms with van der Waals surface area (Å²) in [5.41, 5.74) is 3.76. The molecule has 0 aliphatic carbocycles. The summed E-state index contributed by atoms with van der Waals surface area (Å²) in [6.45, 7) is 4.81. The third-order valence-corrected chi connectivity index (χ3v) is 5.91. The number of ether oxygens (including phenoxy) is 2. The largest absolute Gasteiger partial charge is 0.490 e. The molecule has 0 atom stereocenters. The minimum absolute atomic E-state index is 0.176. The van der Waals surface area contributed by atoms with Gasteiger partial charge < -0.3 is 14.8 Å². The Kier molecular flexibility index (Phi) is 7.37. The van der Waals surface area contributed by atoms with Crippen molar-refractivity contribution in [2.75, 3.05) is 6.61 Å². The average molecular weight is 479 g/mol. The van der Waals surface area contributed by atoms with Crippen LogP contribution in [0, 0.1) is 6.92 Å². The lowest BCUT2D eigenvalue weighted by Gasteiger charge is -2.13. The molecule has 1 aliphatic rings. The van der Waals surface area contributed by atoms with Crippen LogP contribution in [0.3, 0.4) is 0 Å². The van der Waals surface area contributed by atoms with Crippen LogP contribution in [0.5, 0.6) is 11.5 Å². The molecule has 168 valence electrons. The lowest BCUT2D eigenvalue weighted by molar-refractivity contribution is -0.115. The first-order chi connectivity index (χ1) is 16.0. The maximum Gasteiger partial charge on any atom is 0.264 e. The number of hydrogen-bond donors (Lipinski definition) is 1. The summed E-state index contributed by atoms with van der Waals surface area (Å²) in [6.07, 6.45) is 1.82. The lowest BCUT2D eigenvalue weighted by atomic mass is 10.2. The van der Waals surface area contributed by atoms with E-state index in [1.807, 2.05) is 86.7 Å². The van der Waals surface area contributed by atoms with Crippen LogP contribution in [-0.4, -0.2) is 17.7 Å². The van der Waals surface area contributed by atoms with Crippen molar-refractivity contribution in [2.45, 2.75) is 20.5 Å². The smallest absolute Gasteiger partial charge is 0.264 e. The van der Waals surface area contributed by atoms with Gasteiger partial charge in [0.2, 0.25) is 0 Å². The van der Waals surface area contributed by atoms with E-state index in [2.05, 4.69) is 10.3 Å². The van der Waals surface area contributed by atoms with Gasteiger partial charge in [0.15, 0.2) is 16.7 Å². The van der Waals surface area contributed by atoms with E-state index < -0.39 is 0 Å². The van der Waals surface area contributed by atoms with Gasteiger partial charge in [0.25, 0.3) is 5.91 Å². The van der Waals surface area contributed by atoms with E-state index in [-0.39, 0.29) is 5.91 Å². The molecule has 0 bridgehead atoms. The number of rotatable bonds is 7. The molecule has 0 saturated carbocycles. The Hall–Kier alpha value is -3.22. The molecular formula is C26H23ClN2O3S. The molecule has 0 unspecified atom stereocenters. The van der Waals surface area contributed by atoms with Gasteiger partial charge in [-0.1, -0.05) is 47.5 Å². The summed E-state index contributed by atoms with van der Waals surface area (Å²) in [5, 5.41) is 4.04. The van der Waals surface area contributed by atoms with Crippen LogP contribution in [0.2, 0.25) is 5.02 Å². The van der Waals surface area contributed by atoms with E-state index in [0.29, 0.717) is 39.8 Å². The van der Waals surface area contributed by atoms with Crippen molar-refractivity contribution in [1.82, 2.24) is 5.32 Å². The van der Waals surface area contributed by atoms with Crippen LogP contribution in [-0.2, 0) is 11.4 Å². The number of carbonyl (C=O) groups excluding carboxylic acids is 1. The van der Waals surface area contributed by atoms with Crippen molar-refractivity contribution in [3.63, 3.8) is 0 Å². The fourth-order valence-corrected chi connectivity index (χ4v) is 4.21. The van der Waals surface area contributed by atoms with Gasteiger partial charge in [0, 0.05) is 5.02 Å². The molecular weight excluding hydrogens is 456 g/mol. The zero-order valence-corrected chi connectivity index (χ0v) is 19.9. The van der Waals surface area contributed by atoms with E-state index in [0.717, 1.165) is 22.4 Å². The SMILES string of the molecule is CCOc1cc(C=C2SC(=Nc3ccc(C)cc3)NC2=O)ccc1OCc1cccc(Cl)c1. The van der Waals surface area contributed by atoms with Crippen LogP contribution in [0.15, 0.2) is 76.6 Å². The third kappa shape index (κ3) is 6.18. The maximum absolute atomic E-state index is 12.5. The summed E-state index contributed by atoms with van der Waals surface area (Å²) in [6, 6.07) is 21.0. The maximum atomic E-state index is 12.5. The lowest BCUT2D eigenvalue weighted by Crippen LogP contribution is -2.19. The number of benzene rings is 3. The molecule has 3 aromatic carbocycles. The number of hydrogen-bond acceptors (Lipinski definition) is 5. The normalized spacial score (nSPS) is 15.7. The molecule has 1 N–H and O–H groups in total. The fraction of sp³-hybridized carbons (Fsp3) is 0.154. The first-order valence-electron chi connectivity index (χ1n) is 10.5. The highest BCUT2D eigenvalue weighted by atomic mass is 35.5. The van der Waals surface area contributed by atoms with E-state index >= 15 is 0 Å². The Morgan fingerprint density at radius 1 is 1.03 bits per heavy atom. The van der Waals surface area contributed by atoms with Crippen molar-refractivity contribution in [3.05, 3.63) is 93.3 Å². The van der Waals surface area contributed by atoms with Gasteiger partial charge in [0.1, 0.15) is 6.61 Å². The fourth-order valence-electron chi connectivity index (χ4n) is 3.16. The van der Waals surface area contributed by atoms with Gasteiger partial charge in [-0.2, -0.15) is 0 Å². The number of amidine groups is 1. The van der Waals surface area contributed by atoms with Crippen LogP contribution in [0.4, 0.5) is 5.69 Å². The Bertz CT molecular complexity index is 1220. The second-order valence-electron chi connectivity index (χ2n) is 7.38. The molecule has 5 nitrogen and oxygen atoms in total. The summed E-state index contributed by atoms with van der Waals surface area (Å²) in [4.78, 5) is 17.5. The predicted molar refractivity (Wildman–Crippen MR) is 135 cm³/mol. The van der Waals surface area contributed by atoms with Gasteiger partial charge in [-0.3, -0.25) is 4.79 Å². The molecule has 1 fully saturated rings. The molecule has 1 saturated heterocycles. The number of nitrogens with zero attached hydrogens (tertiary/aromatic N) is 1. The molecule has 0 radical (unpaired) electrons. The number of nitrogens with one attached hydrogen (secondary N) is 1. The zero-order chi connectivity index (χ0) is 23.2. The van der Waals surface area contributed by atoms with Crippen LogP contribution in [0.1, 0.15) is 23.6 Å². The summed E-state index contributed by atoms with van der Waals surface area (Å²) < 4.78 is 11.7. The number of thioether (sulfide) groups is 1. The van der Waals surface area contributed by atoms with Crippen molar-refractivity contribution < 1.29 is 14.3 Å². The number of carbonyl (C=O) groups is 1. The highest BCUT2D eigenvalue weighted by Gasteiger charge is 2.24. The summed E-state index contributed by atoms with van der Waals surface area (Å²) in [7, 11) is 0. The molecule has 0 spiro atoms. The number of aryl methyl sites for hydroxylation is 1. The number of halogens is 1. The van der Waals surface area contributed by atoms with Gasteiger partial charge in [-0.25, -0.2) is 4.99 Å². The van der Waals surface area contributed by atoms with Crippen LogP contribution >= 0.6 is 23.4 Å². The Morgan fingerprint density at radius 3 is 2.61 bits per heavy atom. The van der Waals surface area contributed by atoms with Crippen LogP contribution in [0.25, 0.3) is 6.08 Å². The molecule has 1 amide bonds. The number of aliphatic imine (C=N–C) groups is 1. The standard InChI is InChI=1S/C26H23ClN2O3S/c1-3-31-23-14-18(9-12-22(23)32-16-19-5-4-6-20(27)13-19)15-24-25(30)29-26(33-24)28-21-10-7-17(2)8-11-21/h4-15H,3,16H2,1-2H3,(H,28,29,30). The molecule has 1 aliphatic heterocycles. The van der Waals surface area contributed by atoms with Gasteiger partial charge >= 0.3 is 0 Å². The summed E-state index contributed by atoms with van der Waals surface area (Å²) >= 11 is 7.36. The third-order valence-electron chi connectivity index (χ3n) is 4.76. The quantitative estimate of drug-likeness (QED) is 0.393. The van der Waals surface area contributed by atoms with E-state index in [9.17, 15) is 4.79 Å². The van der Waals surface area contributed by atoms with Gasteiger partial charge in [0.05, 0.1) is 17.2 Å². The second-order valence-corrected chi connectivity index (χ2v) is 8.84. The molecule has 0 aromatic heterocycles. The highest BCUT2D eigenvalue weighted by Crippen LogP contribution is 2.33. The topological polar surface area (TPSA) is 59.9 Å². The predicted octanol–water partition coefficient (Wildman–Crippen LogP) is 6.52. The molecule has 33 heavy (non-hydrogen) atoms. The van der Waals surface area contributed by atoms with Crippen molar-refractivity contribution in [2.24, 2.45) is 4.99 Å². The van der Waals surface area contributed by atoms with Crippen molar-refractivity contribution >= 4 is 46.2 Å². The monoisotopic (exact) mass is 478 g/mol. The van der Waals surface area contributed by atoms with Crippen LogP contribution < -0.4 is 14.8 Å². The summed E-state index contributed by atoms with van der Waals surface area (Å²) in [5.74, 6) is 1.07. The van der Waals surface area contributed by atoms with Gasteiger partial charge in [-0.15, -0.1) is 0 Å². The Balaban J connectivity index is 1.50. The minimum Gasteiger partial charge on any atom is -0.490 e. The molecule has 4 rings (SSSR count). The van der Waals surface area contributed by atoms with Gasteiger partial charge in [-0.05, 0) is 79.2 Å². The van der Waals surface area contributed by atoms with Crippen molar-refractivity contribution in [3.8, 4) is 11.5 Å². The highest BCUT2D eigenvalue weighted by molar-refractivity contribution is 8.18. The molecule has 1 heterocycles. The molecule has 7 heteroatoms. The van der Waals surface area contributed by atoms with E-state index in [1.54, 1.807) is 0 Å². The zero-order valence-electron chi connectivity index (χ0n) is 18.3. The first kappa shape index (κ1) is 23.0. The molecule has 3 aromatic rings.